The van der Waals surface area contributed by atoms with Crippen molar-refractivity contribution < 1.29 is 14.3 Å². The van der Waals surface area contributed by atoms with Gasteiger partial charge in [0.05, 0.1) is 7.11 Å². The fourth-order valence-corrected chi connectivity index (χ4v) is 1.15. The fourth-order valence-electron chi connectivity index (χ4n) is 1.15. The number of rotatable bonds is 3. The summed E-state index contributed by atoms with van der Waals surface area (Å²) in [6.07, 6.45) is 0. The maximum absolute atomic E-state index is 11.6. The van der Waals surface area contributed by atoms with Gasteiger partial charge in [0.1, 0.15) is 5.75 Å². The highest BCUT2D eigenvalue weighted by Gasteiger charge is 2.07. The van der Waals surface area contributed by atoms with E-state index in [1.54, 1.807) is 31.2 Å². The molecule has 6 heteroatoms. The third kappa shape index (κ3) is 4.02. The smallest absolute Gasteiger partial charge is 0.333 e. The van der Waals surface area contributed by atoms with Gasteiger partial charge in [0, 0.05) is 12.1 Å². The number of hydrogen-bond acceptors (Lipinski definition) is 3. The van der Waals surface area contributed by atoms with Crippen LogP contribution in [0, 0.1) is 0 Å². The number of nitrogens with one attached hydrogen (secondary N) is 3. The molecule has 0 heterocycles. The van der Waals surface area contributed by atoms with Gasteiger partial charge < -0.3 is 10.1 Å². The van der Waals surface area contributed by atoms with Crippen LogP contribution < -0.4 is 20.9 Å². The molecule has 0 fully saturated rings. The van der Waals surface area contributed by atoms with Crippen LogP contribution in [-0.2, 0) is 0 Å². The second kappa shape index (κ2) is 6.37. The lowest BCUT2D eigenvalue weighted by Gasteiger charge is -2.08. The molecular formula is C11H15N3O3. The highest BCUT2D eigenvalue weighted by Crippen LogP contribution is 2.11. The Morgan fingerprint density at radius 1 is 1.29 bits per heavy atom. The Balaban J connectivity index is 2.54. The SMILES string of the molecule is CCNC(=O)NNC(=O)c1cccc(OC)c1. The van der Waals surface area contributed by atoms with E-state index in [0.29, 0.717) is 17.9 Å². The van der Waals surface area contributed by atoms with Crippen LogP contribution in [-0.4, -0.2) is 25.6 Å². The summed E-state index contributed by atoms with van der Waals surface area (Å²) in [6.45, 7) is 2.27. The Morgan fingerprint density at radius 3 is 2.71 bits per heavy atom. The number of methoxy groups -OCH3 is 1. The normalized spacial score (nSPS) is 9.29. The zero-order valence-electron chi connectivity index (χ0n) is 9.74. The van der Waals surface area contributed by atoms with E-state index >= 15 is 0 Å². The van der Waals surface area contributed by atoms with Crippen LogP contribution in [0.1, 0.15) is 17.3 Å². The van der Waals surface area contributed by atoms with Gasteiger partial charge in [-0.2, -0.15) is 0 Å². The zero-order chi connectivity index (χ0) is 12.7. The van der Waals surface area contributed by atoms with Crippen molar-refractivity contribution in [2.75, 3.05) is 13.7 Å². The molecule has 0 unspecified atom stereocenters. The first kappa shape index (κ1) is 12.8. The monoisotopic (exact) mass is 237 g/mol. The van der Waals surface area contributed by atoms with E-state index in [-0.39, 0.29) is 0 Å². The minimum absolute atomic E-state index is 0.404. The Hall–Kier alpha value is -2.24. The summed E-state index contributed by atoms with van der Waals surface area (Å²) in [5.41, 5.74) is 4.91. The Morgan fingerprint density at radius 2 is 2.06 bits per heavy atom. The molecular weight excluding hydrogens is 222 g/mol. The minimum atomic E-state index is -0.455. The average molecular weight is 237 g/mol. The van der Waals surface area contributed by atoms with Crippen molar-refractivity contribution in [3.8, 4) is 5.75 Å². The molecule has 3 amide bonds. The van der Waals surface area contributed by atoms with Gasteiger partial charge in [-0.05, 0) is 25.1 Å². The van der Waals surface area contributed by atoms with Crippen LogP contribution in [0.15, 0.2) is 24.3 Å². The molecule has 92 valence electrons. The highest BCUT2D eigenvalue weighted by atomic mass is 16.5. The fraction of sp³-hybridized carbons (Fsp3) is 0.273. The number of carbonyl (C=O) groups excluding carboxylic acids is 2. The first-order valence-electron chi connectivity index (χ1n) is 5.15. The van der Waals surface area contributed by atoms with Crippen LogP contribution in [0.2, 0.25) is 0 Å². The van der Waals surface area contributed by atoms with Gasteiger partial charge in [0.15, 0.2) is 0 Å². The van der Waals surface area contributed by atoms with E-state index in [2.05, 4.69) is 16.2 Å². The largest absolute Gasteiger partial charge is 0.497 e. The minimum Gasteiger partial charge on any atom is -0.497 e. The number of carbonyl (C=O) groups is 2. The Labute approximate surface area is 99.3 Å². The molecule has 0 saturated heterocycles. The molecule has 0 saturated carbocycles. The standard InChI is InChI=1S/C11H15N3O3/c1-3-12-11(16)14-13-10(15)8-5-4-6-9(7-8)17-2/h4-7H,3H2,1-2H3,(H,13,15)(H2,12,14,16). The van der Waals surface area contributed by atoms with E-state index in [9.17, 15) is 9.59 Å². The number of amides is 3. The number of ether oxygens (including phenoxy) is 1. The maximum atomic E-state index is 11.6. The van der Waals surface area contributed by atoms with Gasteiger partial charge >= 0.3 is 6.03 Å². The summed E-state index contributed by atoms with van der Waals surface area (Å²) in [4.78, 5) is 22.7. The molecule has 0 atom stereocenters. The molecule has 6 nitrogen and oxygen atoms in total. The lowest BCUT2D eigenvalue weighted by molar-refractivity contribution is 0.0936. The van der Waals surface area contributed by atoms with E-state index in [1.807, 2.05) is 0 Å². The summed E-state index contributed by atoms with van der Waals surface area (Å²) in [5, 5.41) is 2.49. The van der Waals surface area contributed by atoms with Crippen LogP contribution in [0.5, 0.6) is 5.75 Å². The summed E-state index contributed by atoms with van der Waals surface area (Å²) >= 11 is 0. The van der Waals surface area contributed by atoms with Crippen molar-refractivity contribution >= 4 is 11.9 Å². The summed E-state index contributed by atoms with van der Waals surface area (Å²) in [5.74, 6) is 0.172. The predicted octanol–water partition coefficient (Wildman–Crippen LogP) is 0.659. The zero-order valence-corrected chi connectivity index (χ0v) is 9.74. The van der Waals surface area contributed by atoms with E-state index < -0.39 is 11.9 Å². The number of benzene rings is 1. The highest BCUT2D eigenvalue weighted by molar-refractivity contribution is 5.95. The van der Waals surface area contributed by atoms with E-state index in [1.165, 1.54) is 7.11 Å². The first-order chi connectivity index (χ1) is 8.17. The van der Waals surface area contributed by atoms with Crippen molar-refractivity contribution in [1.82, 2.24) is 16.2 Å². The van der Waals surface area contributed by atoms with Gasteiger partial charge in [-0.15, -0.1) is 0 Å². The molecule has 3 N–H and O–H groups in total. The molecule has 1 aromatic carbocycles. The molecule has 0 aliphatic rings. The Kier molecular flexibility index (Phi) is 4.80. The molecule has 0 radical (unpaired) electrons. The van der Waals surface area contributed by atoms with Crippen molar-refractivity contribution in [3.63, 3.8) is 0 Å². The topological polar surface area (TPSA) is 79.5 Å². The number of hydrazine groups is 1. The average Bonchev–Trinajstić information content (AvgIpc) is 2.36. The maximum Gasteiger partial charge on any atom is 0.333 e. The van der Waals surface area contributed by atoms with Crippen molar-refractivity contribution in [2.24, 2.45) is 0 Å². The van der Waals surface area contributed by atoms with Gasteiger partial charge in [-0.3, -0.25) is 10.2 Å². The van der Waals surface area contributed by atoms with Gasteiger partial charge in [0.25, 0.3) is 5.91 Å². The second-order valence-corrected chi connectivity index (χ2v) is 3.17. The molecule has 0 aromatic heterocycles. The second-order valence-electron chi connectivity index (χ2n) is 3.17. The summed E-state index contributed by atoms with van der Waals surface area (Å²) in [6, 6.07) is 6.17. The van der Waals surface area contributed by atoms with Crippen molar-refractivity contribution in [2.45, 2.75) is 6.92 Å². The molecule has 0 aliphatic carbocycles. The van der Waals surface area contributed by atoms with Gasteiger partial charge in [-0.25, -0.2) is 10.2 Å². The number of hydrogen-bond donors (Lipinski definition) is 3. The third-order valence-corrected chi connectivity index (χ3v) is 1.96. The molecule has 1 rings (SSSR count). The molecule has 1 aromatic rings. The first-order valence-corrected chi connectivity index (χ1v) is 5.15. The molecule has 0 spiro atoms. The molecule has 0 bridgehead atoms. The molecule has 17 heavy (non-hydrogen) atoms. The van der Waals surface area contributed by atoms with Crippen LogP contribution in [0.3, 0.4) is 0 Å². The lowest BCUT2D eigenvalue weighted by Crippen LogP contribution is -2.46. The van der Waals surface area contributed by atoms with E-state index in [4.69, 9.17) is 4.74 Å². The van der Waals surface area contributed by atoms with Gasteiger partial charge in [0.2, 0.25) is 0 Å². The van der Waals surface area contributed by atoms with Crippen molar-refractivity contribution in [3.05, 3.63) is 29.8 Å². The third-order valence-electron chi connectivity index (χ3n) is 1.96. The molecule has 0 aliphatic heterocycles. The summed E-state index contributed by atoms with van der Waals surface area (Å²) < 4.78 is 4.99. The Bertz CT molecular complexity index is 407. The quantitative estimate of drug-likeness (QED) is 0.676. The van der Waals surface area contributed by atoms with Crippen LogP contribution in [0.4, 0.5) is 4.79 Å². The van der Waals surface area contributed by atoms with Crippen LogP contribution >= 0.6 is 0 Å². The van der Waals surface area contributed by atoms with E-state index in [0.717, 1.165) is 0 Å². The predicted molar refractivity (Wildman–Crippen MR) is 62.7 cm³/mol. The van der Waals surface area contributed by atoms with Gasteiger partial charge in [-0.1, -0.05) is 6.07 Å². The van der Waals surface area contributed by atoms with Crippen molar-refractivity contribution in [1.29, 1.82) is 0 Å². The summed E-state index contributed by atoms with van der Waals surface area (Å²) in [7, 11) is 1.52. The van der Waals surface area contributed by atoms with Crippen LogP contribution in [0.25, 0.3) is 0 Å². The lowest BCUT2D eigenvalue weighted by atomic mass is 10.2. The number of urea groups is 1.